The molecule has 1 amide bonds. The number of hydrogen-bond donors (Lipinski definition) is 1. The van der Waals surface area contributed by atoms with Crippen LogP contribution in [0.15, 0.2) is 30.3 Å². The van der Waals surface area contributed by atoms with Gasteiger partial charge in [0.2, 0.25) is 0 Å². The summed E-state index contributed by atoms with van der Waals surface area (Å²) in [6, 6.07) is 9.40. The predicted octanol–water partition coefficient (Wildman–Crippen LogP) is 2.41. The first kappa shape index (κ1) is 8.29. The SMILES string of the molecule is COc1ccc2c3c(cccc13)NC2=O. The maximum Gasteiger partial charge on any atom is 0.256 e. The lowest BCUT2D eigenvalue weighted by Gasteiger charge is -2.05. The third-order valence-electron chi connectivity index (χ3n) is 2.71. The maximum atomic E-state index is 11.6. The van der Waals surface area contributed by atoms with E-state index in [1.165, 1.54) is 0 Å². The molecule has 74 valence electrons. The van der Waals surface area contributed by atoms with Crippen LogP contribution in [0.25, 0.3) is 10.8 Å². The van der Waals surface area contributed by atoms with Crippen LogP contribution in [0.3, 0.4) is 0 Å². The van der Waals surface area contributed by atoms with Gasteiger partial charge >= 0.3 is 0 Å². The molecule has 0 fully saturated rings. The van der Waals surface area contributed by atoms with E-state index in [4.69, 9.17) is 4.74 Å². The quantitative estimate of drug-likeness (QED) is 0.765. The molecule has 1 aliphatic rings. The Hall–Kier alpha value is -2.03. The molecule has 0 bridgehead atoms. The lowest BCUT2D eigenvalue weighted by atomic mass is 10.0. The number of hydrogen-bond acceptors (Lipinski definition) is 2. The monoisotopic (exact) mass is 199 g/mol. The molecule has 0 aromatic heterocycles. The molecule has 0 saturated carbocycles. The van der Waals surface area contributed by atoms with Gasteiger partial charge in [0, 0.05) is 22.0 Å². The van der Waals surface area contributed by atoms with Gasteiger partial charge in [0.05, 0.1) is 7.11 Å². The summed E-state index contributed by atoms with van der Waals surface area (Å²) in [5, 5.41) is 4.77. The number of amides is 1. The Morgan fingerprint density at radius 2 is 2.07 bits per heavy atom. The van der Waals surface area contributed by atoms with Gasteiger partial charge in [-0.1, -0.05) is 12.1 Å². The van der Waals surface area contributed by atoms with Crippen molar-refractivity contribution < 1.29 is 9.53 Å². The average Bonchev–Trinajstić information content (AvgIpc) is 2.58. The normalized spacial score (nSPS) is 13.0. The van der Waals surface area contributed by atoms with E-state index >= 15 is 0 Å². The largest absolute Gasteiger partial charge is 0.496 e. The fourth-order valence-electron chi connectivity index (χ4n) is 2.04. The zero-order chi connectivity index (χ0) is 10.4. The highest BCUT2D eigenvalue weighted by Gasteiger charge is 2.22. The first-order valence-corrected chi connectivity index (χ1v) is 4.72. The Morgan fingerprint density at radius 1 is 1.20 bits per heavy atom. The lowest BCUT2D eigenvalue weighted by Crippen LogP contribution is -2.03. The number of nitrogens with one attached hydrogen (secondary N) is 1. The number of benzene rings is 2. The fourth-order valence-corrected chi connectivity index (χ4v) is 2.04. The third kappa shape index (κ3) is 0.973. The molecular formula is C12H9NO2. The van der Waals surface area contributed by atoms with Crippen molar-refractivity contribution in [2.75, 3.05) is 12.4 Å². The highest BCUT2D eigenvalue weighted by molar-refractivity contribution is 6.24. The molecule has 3 rings (SSSR count). The Bertz CT molecular complexity index is 575. The first-order valence-electron chi connectivity index (χ1n) is 4.72. The van der Waals surface area contributed by atoms with E-state index < -0.39 is 0 Å². The second kappa shape index (κ2) is 2.73. The summed E-state index contributed by atoms with van der Waals surface area (Å²) in [7, 11) is 1.63. The Kier molecular flexibility index (Phi) is 1.51. The van der Waals surface area contributed by atoms with Crippen molar-refractivity contribution in [3.8, 4) is 5.75 Å². The minimum atomic E-state index is -0.0381. The predicted molar refractivity (Wildman–Crippen MR) is 58.5 cm³/mol. The molecule has 3 heteroatoms. The molecule has 2 aromatic carbocycles. The summed E-state index contributed by atoms with van der Waals surface area (Å²) >= 11 is 0. The van der Waals surface area contributed by atoms with Crippen molar-refractivity contribution in [1.82, 2.24) is 0 Å². The van der Waals surface area contributed by atoms with Crippen molar-refractivity contribution in [1.29, 1.82) is 0 Å². The molecular weight excluding hydrogens is 190 g/mol. The van der Waals surface area contributed by atoms with Gasteiger partial charge in [0.1, 0.15) is 5.75 Å². The van der Waals surface area contributed by atoms with E-state index in [1.54, 1.807) is 13.2 Å². The van der Waals surface area contributed by atoms with Crippen molar-refractivity contribution in [2.24, 2.45) is 0 Å². The van der Waals surface area contributed by atoms with Crippen LogP contribution in [0.2, 0.25) is 0 Å². The molecule has 0 saturated heterocycles. The summed E-state index contributed by atoms with van der Waals surface area (Å²) in [5.41, 5.74) is 1.59. The second-order valence-corrected chi connectivity index (χ2v) is 3.50. The summed E-state index contributed by atoms with van der Waals surface area (Å²) in [6.07, 6.45) is 0. The van der Waals surface area contributed by atoms with Gasteiger partial charge in [-0.15, -0.1) is 0 Å². The lowest BCUT2D eigenvalue weighted by molar-refractivity contribution is 0.103. The van der Waals surface area contributed by atoms with Crippen LogP contribution < -0.4 is 10.1 Å². The molecule has 0 radical (unpaired) electrons. The molecule has 1 N–H and O–H groups in total. The highest BCUT2D eigenvalue weighted by Crippen LogP contribution is 2.37. The van der Waals surface area contributed by atoms with Gasteiger partial charge in [-0.05, 0) is 18.2 Å². The molecule has 0 aliphatic carbocycles. The molecule has 3 nitrogen and oxygen atoms in total. The van der Waals surface area contributed by atoms with Crippen LogP contribution in [0.4, 0.5) is 5.69 Å². The van der Waals surface area contributed by atoms with Gasteiger partial charge in [0.15, 0.2) is 0 Å². The smallest absolute Gasteiger partial charge is 0.256 e. The second-order valence-electron chi connectivity index (χ2n) is 3.50. The number of carbonyl (C=O) groups excluding carboxylic acids is 1. The Morgan fingerprint density at radius 3 is 2.87 bits per heavy atom. The van der Waals surface area contributed by atoms with Crippen molar-refractivity contribution >= 4 is 22.4 Å². The van der Waals surface area contributed by atoms with E-state index in [0.29, 0.717) is 0 Å². The Balaban J connectivity index is 2.50. The van der Waals surface area contributed by atoms with Gasteiger partial charge in [0.25, 0.3) is 5.91 Å². The summed E-state index contributed by atoms with van der Waals surface area (Å²) < 4.78 is 5.26. The first-order chi connectivity index (χ1) is 7.31. The van der Waals surface area contributed by atoms with Crippen molar-refractivity contribution in [3.05, 3.63) is 35.9 Å². The third-order valence-corrected chi connectivity index (χ3v) is 2.71. The zero-order valence-electron chi connectivity index (χ0n) is 8.20. The van der Waals surface area contributed by atoms with E-state index in [1.807, 2.05) is 24.3 Å². The van der Waals surface area contributed by atoms with Crippen LogP contribution in [-0.2, 0) is 0 Å². The number of rotatable bonds is 1. The standard InChI is InChI=1S/C12H9NO2/c1-15-10-6-5-8-11-7(10)3-2-4-9(11)13-12(8)14/h2-6H,1H3,(H,13,14). The number of ether oxygens (including phenoxy) is 1. The number of anilines is 1. The van der Waals surface area contributed by atoms with Gasteiger partial charge in [-0.2, -0.15) is 0 Å². The van der Waals surface area contributed by atoms with Crippen molar-refractivity contribution in [2.45, 2.75) is 0 Å². The van der Waals surface area contributed by atoms with Gasteiger partial charge < -0.3 is 10.1 Å². The minimum Gasteiger partial charge on any atom is -0.496 e. The van der Waals surface area contributed by atoms with E-state index in [9.17, 15) is 4.79 Å². The van der Waals surface area contributed by atoms with E-state index in [2.05, 4.69) is 5.32 Å². The summed E-state index contributed by atoms with van der Waals surface area (Å²) in [4.78, 5) is 11.6. The molecule has 2 aromatic rings. The molecule has 1 aliphatic heterocycles. The number of carbonyl (C=O) groups is 1. The van der Waals surface area contributed by atoms with Gasteiger partial charge in [-0.3, -0.25) is 4.79 Å². The summed E-state index contributed by atoms with van der Waals surface area (Å²) in [6.45, 7) is 0. The molecule has 1 heterocycles. The number of methoxy groups -OCH3 is 1. The van der Waals surface area contributed by atoms with Gasteiger partial charge in [-0.25, -0.2) is 0 Å². The van der Waals surface area contributed by atoms with Crippen LogP contribution in [0.1, 0.15) is 10.4 Å². The minimum absolute atomic E-state index is 0.0381. The fraction of sp³-hybridized carbons (Fsp3) is 0.0833. The topological polar surface area (TPSA) is 38.3 Å². The zero-order valence-corrected chi connectivity index (χ0v) is 8.20. The van der Waals surface area contributed by atoms with Crippen LogP contribution in [0.5, 0.6) is 5.75 Å². The van der Waals surface area contributed by atoms with Crippen LogP contribution in [-0.4, -0.2) is 13.0 Å². The summed E-state index contributed by atoms with van der Waals surface area (Å²) in [5.74, 6) is 0.760. The van der Waals surface area contributed by atoms with E-state index in [-0.39, 0.29) is 5.91 Å². The molecule has 0 unspecified atom stereocenters. The molecule has 15 heavy (non-hydrogen) atoms. The highest BCUT2D eigenvalue weighted by atomic mass is 16.5. The average molecular weight is 199 g/mol. The van der Waals surface area contributed by atoms with E-state index in [0.717, 1.165) is 27.8 Å². The van der Waals surface area contributed by atoms with Crippen LogP contribution >= 0.6 is 0 Å². The van der Waals surface area contributed by atoms with Crippen molar-refractivity contribution in [3.63, 3.8) is 0 Å². The Labute approximate surface area is 86.7 Å². The molecule has 0 atom stereocenters. The maximum absolute atomic E-state index is 11.6. The molecule has 0 spiro atoms. The van der Waals surface area contributed by atoms with Crippen LogP contribution in [0, 0.1) is 0 Å².